The van der Waals surface area contributed by atoms with Crippen molar-refractivity contribution in [3.8, 4) is 6.07 Å². The molecule has 2 rings (SSSR count). The van der Waals surface area contributed by atoms with Gasteiger partial charge in [-0.3, -0.25) is 0 Å². The van der Waals surface area contributed by atoms with Crippen LogP contribution in [0.3, 0.4) is 0 Å². The molecule has 144 valence electrons. The molecule has 0 radical (unpaired) electrons. The Bertz CT molecular complexity index is 873. The van der Waals surface area contributed by atoms with E-state index in [1.807, 2.05) is 6.07 Å². The molecule has 0 aliphatic heterocycles. The summed E-state index contributed by atoms with van der Waals surface area (Å²) in [7, 11) is 0. The van der Waals surface area contributed by atoms with E-state index >= 15 is 0 Å². The van der Waals surface area contributed by atoms with Crippen LogP contribution in [0.4, 0.5) is 17.6 Å². The summed E-state index contributed by atoms with van der Waals surface area (Å²) in [6, 6.07) is 11.0. The first kappa shape index (κ1) is 21.2. The Morgan fingerprint density at radius 1 is 1.11 bits per heavy atom. The Balaban J connectivity index is 2.41. The van der Waals surface area contributed by atoms with E-state index in [9.17, 15) is 22.7 Å². The second-order valence-corrected chi connectivity index (χ2v) is 7.60. The number of hydrogen-bond acceptors (Lipinski definition) is 2. The summed E-state index contributed by atoms with van der Waals surface area (Å²) in [5.74, 6) is -0.564. The Hall–Kier alpha value is -2.10. The van der Waals surface area contributed by atoms with Crippen LogP contribution in [0.1, 0.15) is 37.0 Å². The monoisotopic (exact) mass is 399 g/mol. The average Bonchev–Trinajstić information content (AvgIpc) is 2.55. The van der Waals surface area contributed by atoms with Gasteiger partial charge < -0.3 is 5.11 Å². The average molecular weight is 400 g/mol. The SMILES string of the molecule is CC(C)(CC(O)(Cc1ccc(C#N)cc1Cl)C(F)(F)F)c1cccc(F)c1. The minimum absolute atomic E-state index is 0.0275. The lowest BCUT2D eigenvalue weighted by Crippen LogP contribution is -2.50. The van der Waals surface area contributed by atoms with Crippen molar-refractivity contribution in [3.63, 3.8) is 0 Å². The summed E-state index contributed by atoms with van der Waals surface area (Å²) in [5, 5.41) is 19.4. The van der Waals surface area contributed by atoms with E-state index in [-0.39, 0.29) is 16.1 Å². The van der Waals surface area contributed by atoms with Crippen LogP contribution in [0.2, 0.25) is 5.02 Å². The number of hydrogen-bond donors (Lipinski definition) is 1. The third-order valence-corrected chi connectivity index (χ3v) is 4.89. The largest absolute Gasteiger partial charge is 0.417 e. The molecule has 0 saturated carbocycles. The molecule has 1 atom stereocenters. The Morgan fingerprint density at radius 3 is 2.30 bits per heavy atom. The van der Waals surface area contributed by atoms with Gasteiger partial charge in [-0.15, -0.1) is 0 Å². The van der Waals surface area contributed by atoms with Gasteiger partial charge in [-0.25, -0.2) is 4.39 Å². The third-order valence-electron chi connectivity index (χ3n) is 4.53. The molecule has 0 saturated heterocycles. The molecule has 1 N–H and O–H groups in total. The van der Waals surface area contributed by atoms with Crippen molar-refractivity contribution in [1.29, 1.82) is 5.26 Å². The minimum atomic E-state index is -4.94. The lowest BCUT2D eigenvalue weighted by Gasteiger charge is -2.38. The van der Waals surface area contributed by atoms with Gasteiger partial charge in [-0.1, -0.05) is 43.6 Å². The maximum Gasteiger partial charge on any atom is 0.417 e. The van der Waals surface area contributed by atoms with Crippen LogP contribution in [0.5, 0.6) is 0 Å². The summed E-state index contributed by atoms with van der Waals surface area (Å²) in [6.07, 6.45) is -6.40. The van der Waals surface area contributed by atoms with E-state index < -0.39 is 35.9 Å². The molecule has 0 fully saturated rings. The second-order valence-electron chi connectivity index (χ2n) is 7.20. The van der Waals surface area contributed by atoms with Crippen LogP contribution >= 0.6 is 11.6 Å². The van der Waals surface area contributed by atoms with Crippen molar-refractivity contribution in [3.05, 3.63) is 70.0 Å². The highest BCUT2D eigenvalue weighted by atomic mass is 35.5. The van der Waals surface area contributed by atoms with Crippen LogP contribution < -0.4 is 0 Å². The van der Waals surface area contributed by atoms with Crippen molar-refractivity contribution >= 4 is 11.6 Å². The molecule has 2 aromatic carbocycles. The lowest BCUT2D eigenvalue weighted by atomic mass is 9.73. The highest BCUT2D eigenvalue weighted by Gasteiger charge is 2.55. The fourth-order valence-corrected chi connectivity index (χ4v) is 3.33. The molecule has 0 aliphatic carbocycles. The van der Waals surface area contributed by atoms with E-state index in [1.54, 1.807) is 0 Å². The number of halogens is 5. The molecule has 1 unspecified atom stereocenters. The quantitative estimate of drug-likeness (QED) is 0.669. The normalized spacial score (nSPS) is 14.5. The van der Waals surface area contributed by atoms with Crippen molar-refractivity contribution in [2.24, 2.45) is 0 Å². The van der Waals surface area contributed by atoms with Crippen LogP contribution in [0, 0.1) is 17.1 Å². The van der Waals surface area contributed by atoms with E-state index in [0.29, 0.717) is 5.56 Å². The minimum Gasteiger partial charge on any atom is -0.380 e. The van der Waals surface area contributed by atoms with E-state index in [4.69, 9.17) is 16.9 Å². The van der Waals surface area contributed by atoms with Crippen molar-refractivity contribution in [2.75, 3.05) is 0 Å². The third kappa shape index (κ3) is 4.79. The van der Waals surface area contributed by atoms with Crippen LogP contribution in [0.15, 0.2) is 42.5 Å². The first-order chi connectivity index (χ1) is 12.4. The fourth-order valence-electron chi connectivity index (χ4n) is 3.08. The van der Waals surface area contributed by atoms with Gasteiger partial charge in [0.25, 0.3) is 0 Å². The highest BCUT2D eigenvalue weighted by Crippen LogP contribution is 2.43. The number of rotatable bonds is 5. The lowest BCUT2D eigenvalue weighted by molar-refractivity contribution is -0.266. The fraction of sp³-hybridized carbons (Fsp3) is 0.350. The second kappa shape index (κ2) is 7.49. The standard InChI is InChI=1S/C20H18ClF4NO/c1-18(2,15-4-3-5-16(22)9-15)12-19(27,20(23,24)25)10-14-7-6-13(11-26)8-17(14)21/h3-9,27H,10,12H2,1-2H3. The summed E-state index contributed by atoms with van der Waals surface area (Å²) in [6.45, 7) is 3.03. The molecular formula is C20H18ClF4NO. The molecule has 2 aromatic rings. The molecule has 7 heteroatoms. The molecule has 0 heterocycles. The predicted molar refractivity (Wildman–Crippen MR) is 94.9 cm³/mol. The topological polar surface area (TPSA) is 44.0 Å². The van der Waals surface area contributed by atoms with Crippen LogP contribution in [-0.2, 0) is 11.8 Å². The van der Waals surface area contributed by atoms with Gasteiger partial charge in [0.1, 0.15) is 5.82 Å². The molecule has 0 aromatic heterocycles. The van der Waals surface area contributed by atoms with Crippen LogP contribution in [-0.4, -0.2) is 16.9 Å². The molecule has 27 heavy (non-hydrogen) atoms. The zero-order chi connectivity index (χ0) is 20.5. The zero-order valence-electron chi connectivity index (χ0n) is 14.7. The first-order valence-corrected chi connectivity index (χ1v) is 8.49. The van der Waals surface area contributed by atoms with E-state index in [0.717, 1.165) is 6.07 Å². The van der Waals surface area contributed by atoms with Gasteiger partial charge in [0, 0.05) is 11.4 Å². The van der Waals surface area contributed by atoms with Crippen molar-refractivity contribution in [1.82, 2.24) is 0 Å². The van der Waals surface area contributed by atoms with E-state index in [2.05, 4.69) is 0 Å². The number of alkyl halides is 3. The van der Waals surface area contributed by atoms with Gasteiger partial charge in [0.15, 0.2) is 5.60 Å². The van der Waals surface area contributed by atoms with Gasteiger partial charge in [-0.05, 0) is 47.2 Å². The summed E-state index contributed by atoms with van der Waals surface area (Å²) >= 11 is 5.99. The van der Waals surface area contributed by atoms with Gasteiger partial charge in [-0.2, -0.15) is 18.4 Å². The number of benzene rings is 2. The Kier molecular flexibility index (Phi) is 5.88. The number of nitrogens with zero attached hydrogens (tertiary/aromatic N) is 1. The Morgan fingerprint density at radius 2 is 1.78 bits per heavy atom. The molecule has 0 amide bonds. The summed E-state index contributed by atoms with van der Waals surface area (Å²) in [5.41, 5.74) is -3.62. The summed E-state index contributed by atoms with van der Waals surface area (Å²) < 4.78 is 54.8. The van der Waals surface area contributed by atoms with Crippen LogP contribution in [0.25, 0.3) is 0 Å². The van der Waals surface area contributed by atoms with Gasteiger partial charge in [0.2, 0.25) is 0 Å². The maximum absolute atomic E-state index is 13.8. The molecule has 0 bridgehead atoms. The highest BCUT2D eigenvalue weighted by molar-refractivity contribution is 6.31. The molecule has 0 spiro atoms. The number of nitriles is 1. The zero-order valence-corrected chi connectivity index (χ0v) is 15.5. The maximum atomic E-state index is 13.8. The Labute approximate surface area is 160 Å². The molecule has 2 nitrogen and oxygen atoms in total. The van der Waals surface area contributed by atoms with Crippen molar-refractivity contribution in [2.45, 2.75) is 43.9 Å². The first-order valence-electron chi connectivity index (χ1n) is 8.12. The predicted octanol–water partition coefficient (Wildman–Crippen LogP) is 5.55. The number of aliphatic hydroxyl groups is 1. The van der Waals surface area contributed by atoms with Gasteiger partial charge in [0.05, 0.1) is 11.6 Å². The van der Waals surface area contributed by atoms with Gasteiger partial charge >= 0.3 is 6.18 Å². The summed E-state index contributed by atoms with van der Waals surface area (Å²) in [4.78, 5) is 0. The molecule has 0 aliphatic rings. The van der Waals surface area contributed by atoms with Crippen molar-refractivity contribution < 1.29 is 22.7 Å². The van der Waals surface area contributed by atoms with E-state index in [1.165, 1.54) is 50.2 Å². The molecular weight excluding hydrogens is 382 g/mol. The smallest absolute Gasteiger partial charge is 0.380 e.